The van der Waals surface area contributed by atoms with Gasteiger partial charge in [-0.05, 0) is 24.6 Å². The molecule has 0 amide bonds. The lowest BCUT2D eigenvalue weighted by molar-refractivity contribution is 0.0515. The van der Waals surface area contributed by atoms with Gasteiger partial charge in [-0.2, -0.15) is 0 Å². The van der Waals surface area contributed by atoms with E-state index >= 15 is 0 Å². The third-order valence-corrected chi connectivity index (χ3v) is 3.24. The number of methoxy groups -OCH3 is 1. The van der Waals surface area contributed by atoms with E-state index in [0.717, 1.165) is 11.3 Å². The van der Waals surface area contributed by atoms with Crippen LogP contribution in [0.4, 0.5) is 0 Å². The quantitative estimate of drug-likeness (QED) is 0.766. The van der Waals surface area contributed by atoms with E-state index in [-0.39, 0.29) is 5.69 Å². The lowest BCUT2D eigenvalue weighted by atomic mass is 10.2. The van der Waals surface area contributed by atoms with Crippen molar-refractivity contribution in [2.24, 2.45) is 0 Å². The molecule has 0 saturated carbocycles. The van der Waals surface area contributed by atoms with Crippen LogP contribution in [0, 0.1) is 0 Å². The smallest absolute Gasteiger partial charge is 0.361 e. The Balaban J connectivity index is 2.04. The zero-order valence-corrected chi connectivity index (χ0v) is 12.1. The number of hydrogen-bond donors (Lipinski definition) is 0. The first-order chi connectivity index (χ1) is 9.74. The molecule has 1 heterocycles. The second-order valence-electron chi connectivity index (χ2n) is 3.85. The summed E-state index contributed by atoms with van der Waals surface area (Å²) >= 11 is 1.27. The summed E-state index contributed by atoms with van der Waals surface area (Å²) in [6.45, 7) is 2.40. The van der Waals surface area contributed by atoms with E-state index in [4.69, 9.17) is 14.2 Å². The maximum Gasteiger partial charge on any atom is 0.361 e. The Morgan fingerprint density at radius 2 is 2.25 bits per heavy atom. The monoisotopic (exact) mass is 293 g/mol. The average Bonchev–Trinajstić information content (AvgIpc) is 2.94. The van der Waals surface area contributed by atoms with E-state index in [9.17, 15) is 4.79 Å². The first kappa shape index (κ1) is 14.3. The van der Waals surface area contributed by atoms with Gasteiger partial charge in [0.15, 0.2) is 0 Å². The molecule has 0 unspecified atom stereocenters. The van der Waals surface area contributed by atoms with E-state index in [1.165, 1.54) is 11.3 Å². The SMILES string of the molecule is CCOC(=O)c1ncsc1OCc1cccc(OC)c1. The Morgan fingerprint density at radius 1 is 1.40 bits per heavy atom. The van der Waals surface area contributed by atoms with Crippen molar-refractivity contribution >= 4 is 17.3 Å². The molecule has 1 aromatic carbocycles. The highest BCUT2D eigenvalue weighted by Crippen LogP contribution is 2.25. The van der Waals surface area contributed by atoms with Crippen LogP contribution >= 0.6 is 11.3 Å². The number of ether oxygens (including phenoxy) is 3. The number of nitrogens with zero attached hydrogens (tertiary/aromatic N) is 1. The molecule has 0 aliphatic heterocycles. The van der Waals surface area contributed by atoms with Gasteiger partial charge in [0.2, 0.25) is 10.8 Å². The molecule has 106 valence electrons. The van der Waals surface area contributed by atoms with Gasteiger partial charge in [0.25, 0.3) is 0 Å². The topological polar surface area (TPSA) is 57.7 Å². The number of benzene rings is 1. The van der Waals surface area contributed by atoms with Gasteiger partial charge >= 0.3 is 5.97 Å². The van der Waals surface area contributed by atoms with Gasteiger partial charge in [0.05, 0.1) is 19.2 Å². The van der Waals surface area contributed by atoms with E-state index in [2.05, 4.69) is 4.98 Å². The molecule has 6 heteroatoms. The lowest BCUT2D eigenvalue weighted by Crippen LogP contribution is -2.07. The van der Waals surface area contributed by atoms with Crippen molar-refractivity contribution in [2.45, 2.75) is 13.5 Å². The standard InChI is InChI=1S/C14H15NO4S/c1-3-18-13(16)12-14(20-9-15-12)19-8-10-5-4-6-11(7-10)17-2/h4-7,9H,3,8H2,1-2H3. The van der Waals surface area contributed by atoms with Crippen molar-refractivity contribution in [2.75, 3.05) is 13.7 Å². The molecule has 0 bridgehead atoms. The van der Waals surface area contributed by atoms with Gasteiger partial charge in [-0.25, -0.2) is 9.78 Å². The van der Waals surface area contributed by atoms with Crippen LogP contribution in [0.5, 0.6) is 10.8 Å². The predicted molar refractivity (Wildman–Crippen MR) is 75.4 cm³/mol. The van der Waals surface area contributed by atoms with E-state index in [1.54, 1.807) is 19.5 Å². The third kappa shape index (κ3) is 3.48. The summed E-state index contributed by atoms with van der Waals surface area (Å²) in [4.78, 5) is 15.6. The summed E-state index contributed by atoms with van der Waals surface area (Å²) in [6.07, 6.45) is 0. The molecule has 0 aliphatic carbocycles. The molecule has 2 aromatic rings. The van der Waals surface area contributed by atoms with Crippen molar-refractivity contribution in [3.05, 3.63) is 41.0 Å². The van der Waals surface area contributed by atoms with Gasteiger partial charge in [0.1, 0.15) is 12.4 Å². The number of esters is 1. The molecule has 0 spiro atoms. The summed E-state index contributed by atoms with van der Waals surface area (Å²) in [5.41, 5.74) is 2.74. The van der Waals surface area contributed by atoms with E-state index in [0.29, 0.717) is 18.3 Å². The molecule has 0 N–H and O–H groups in total. The molecule has 0 aliphatic rings. The lowest BCUT2D eigenvalue weighted by Gasteiger charge is -2.07. The summed E-state index contributed by atoms with van der Waals surface area (Å²) < 4.78 is 15.7. The minimum absolute atomic E-state index is 0.222. The molecule has 5 nitrogen and oxygen atoms in total. The second kappa shape index (κ2) is 6.91. The van der Waals surface area contributed by atoms with Crippen LogP contribution in [0.2, 0.25) is 0 Å². The fourth-order valence-electron chi connectivity index (χ4n) is 1.58. The zero-order valence-electron chi connectivity index (χ0n) is 11.3. The summed E-state index contributed by atoms with van der Waals surface area (Å²) in [5.74, 6) is 0.301. The Kier molecular flexibility index (Phi) is 4.95. The van der Waals surface area contributed by atoms with Crippen LogP contribution in [0.3, 0.4) is 0 Å². The van der Waals surface area contributed by atoms with Gasteiger partial charge in [-0.1, -0.05) is 23.5 Å². The maximum atomic E-state index is 11.7. The molecule has 0 radical (unpaired) electrons. The number of carbonyl (C=O) groups excluding carboxylic acids is 1. The predicted octanol–water partition coefficient (Wildman–Crippen LogP) is 2.91. The number of aromatic nitrogens is 1. The van der Waals surface area contributed by atoms with Gasteiger partial charge in [0, 0.05) is 0 Å². The van der Waals surface area contributed by atoms with Gasteiger partial charge in [-0.3, -0.25) is 0 Å². The van der Waals surface area contributed by atoms with Crippen LogP contribution in [0.1, 0.15) is 23.0 Å². The molecule has 1 aromatic heterocycles. The number of carbonyl (C=O) groups is 1. The third-order valence-electron chi connectivity index (χ3n) is 2.51. The first-order valence-electron chi connectivity index (χ1n) is 6.11. The fourth-order valence-corrected chi connectivity index (χ4v) is 2.21. The van der Waals surface area contributed by atoms with Gasteiger partial charge < -0.3 is 14.2 Å². The van der Waals surface area contributed by atoms with Gasteiger partial charge in [-0.15, -0.1) is 0 Å². The second-order valence-corrected chi connectivity index (χ2v) is 4.67. The van der Waals surface area contributed by atoms with Crippen LogP contribution < -0.4 is 9.47 Å². The number of thiazole rings is 1. The Morgan fingerprint density at radius 3 is 3.00 bits per heavy atom. The number of hydrogen-bond acceptors (Lipinski definition) is 6. The van der Waals surface area contributed by atoms with E-state index < -0.39 is 5.97 Å². The summed E-state index contributed by atoms with van der Waals surface area (Å²) in [7, 11) is 1.61. The van der Waals surface area contributed by atoms with Crippen molar-refractivity contribution in [3.8, 4) is 10.8 Å². The molecule has 20 heavy (non-hydrogen) atoms. The Bertz CT molecular complexity index is 582. The summed E-state index contributed by atoms with van der Waals surface area (Å²) in [6, 6.07) is 7.55. The molecular weight excluding hydrogens is 278 g/mol. The van der Waals surface area contributed by atoms with Crippen molar-refractivity contribution in [1.82, 2.24) is 4.98 Å². The Labute approximate surface area is 121 Å². The van der Waals surface area contributed by atoms with Crippen LogP contribution in [-0.2, 0) is 11.3 Å². The highest BCUT2D eigenvalue weighted by atomic mass is 32.1. The highest BCUT2D eigenvalue weighted by Gasteiger charge is 2.17. The molecule has 2 rings (SSSR count). The average molecular weight is 293 g/mol. The van der Waals surface area contributed by atoms with Crippen molar-refractivity contribution in [3.63, 3.8) is 0 Å². The molecule has 0 atom stereocenters. The van der Waals surface area contributed by atoms with E-state index in [1.807, 2.05) is 24.3 Å². The minimum atomic E-state index is -0.464. The van der Waals surface area contributed by atoms with Crippen molar-refractivity contribution < 1.29 is 19.0 Å². The number of rotatable bonds is 6. The van der Waals surface area contributed by atoms with Crippen molar-refractivity contribution in [1.29, 1.82) is 0 Å². The fraction of sp³-hybridized carbons (Fsp3) is 0.286. The first-order valence-corrected chi connectivity index (χ1v) is 6.99. The normalized spacial score (nSPS) is 10.1. The van der Waals surface area contributed by atoms with Crippen LogP contribution in [0.25, 0.3) is 0 Å². The van der Waals surface area contributed by atoms with Crippen LogP contribution in [-0.4, -0.2) is 24.7 Å². The zero-order chi connectivity index (χ0) is 14.4. The Hall–Kier alpha value is -2.08. The largest absolute Gasteiger partial charge is 0.497 e. The molecule has 0 saturated heterocycles. The van der Waals surface area contributed by atoms with Crippen LogP contribution in [0.15, 0.2) is 29.8 Å². The highest BCUT2D eigenvalue weighted by molar-refractivity contribution is 7.11. The molecular formula is C14H15NO4S. The summed E-state index contributed by atoms with van der Waals surface area (Å²) in [5, 5.41) is 0.464. The maximum absolute atomic E-state index is 11.7. The molecule has 0 fully saturated rings. The minimum Gasteiger partial charge on any atom is -0.497 e.